The molecular formula is C18H29N3. The zero-order valence-corrected chi connectivity index (χ0v) is 13.3. The topological polar surface area (TPSA) is 18.5 Å². The Morgan fingerprint density at radius 1 is 1.14 bits per heavy atom. The second kappa shape index (κ2) is 7.28. The maximum Gasteiger partial charge on any atom is 0.0366 e. The van der Waals surface area contributed by atoms with Gasteiger partial charge in [0.25, 0.3) is 0 Å². The number of anilines is 1. The van der Waals surface area contributed by atoms with Gasteiger partial charge < -0.3 is 15.1 Å². The molecule has 2 heterocycles. The molecular weight excluding hydrogens is 258 g/mol. The summed E-state index contributed by atoms with van der Waals surface area (Å²) in [5.74, 6) is 0.857. The molecule has 1 aromatic carbocycles. The fraction of sp³-hybridized carbons (Fsp3) is 0.667. The molecule has 3 nitrogen and oxygen atoms in total. The third-order valence-corrected chi connectivity index (χ3v) is 5.15. The lowest BCUT2D eigenvalue weighted by molar-refractivity contribution is 0.166. The van der Waals surface area contributed by atoms with Gasteiger partial charge in [-0.15, -0.1) is 0 Å². The highest BCUT2D eigenvalue weighted by Gasteiger charge is 2.24. The van der Waals surface area contributed by atoms with E-state index in [1.165, 1.54) is 64.1 Å². The molecule has 2 aliphatic heterocycles. The molecule has 3 heteroatoms. The minimum Gasteiger partial charge on any atom is -0.371 e. The first kappa shape index (κ1) is 14.9. The van der Waals surface area contributed by atoms with Crippen LogP contribution in [0.15, 0.2) is 30.3 Å². The summed E-state index contributed by atoms with van der Waals surface area (Å²) in [6.07, 6.45) is 5.35. The van der Waals surface area contributed by atoms with Crippen LogP contribution in [-0.4, -0.2) is 50.7 Å². The Kier molecular flexibility index (Phi) is 5.15. The van der Waals surface area contributed by atoms with Gasteiger partial charge in [-0.05, 0) is 63.9 Å². The minimum atomic E-state index is 0.770. The summed E-state index contributed by atoms with van der Waals surface area (Å²) >= 11 is 0. The van der Waals surface area contributed by atoms with Crippen LogP contribution >= 0.6 is 0 Å². The molecule has 2 saturated heterocycles. The molecule has 1 N–H and O–H groups in total. The smallest absolute Gasteiger partial charge is 0.0366 e. The molecule has 0 amide bonds. The Hall–Kier alpha value is -1.06. The van der Waals surface area contributed by atoms with Crippen molar-refractivity contribution in [1.29, 1.82) is 0 Å². The number of nitrogens with zero attached hydrogens (tertiary/aromatic N) is 2. The number of piperidine rings is 2. The van der Waals surface area contributed by atoms with Crippen molar-refractivity contribution < 1.29 is 0 Å². The van der Waals surface area contributed by atoms with E-state index in [0.29, 0.717) is 0 Å². The van der Waals surface area contributed by atoms with E-state index in [1.807, 2.05) is 0 Å². The molecule has 0 spiro atoms. The number of benzene rings is 1. The number of para-hydroxylation sites is 1. The van der Waals surface area contributed by atoms with Crippen molar-refractivity contribution in [3.05, 3.63) is 30.3 Å². The second-order valence-corrected chi connectivity index (χ2v) is 6.71. The molecule has 2 fully saturated rings. The molecule has 0 saturated carbocycles. The van der Waals surface area contributed by atoms with Gasteiger partial charge in [0.15, 0.2) is 0 Å². The van der Waals surface area contributed by atoms with Crippen molar-refractivity contribution in [2.45, 2.75) is 31.7 Å². The molecule has 1 atom stereocenters. The normalized spacial score (nSPS) is 24.5. The molecule has 3 rings (SSSR count). The molecule has 0 bridgehead atoms. The second-order valence-electron chi connectivity index (χ2n) is 6.71. The van der Waals surface area contributed by atoms with Crippen LogP contribution in [0.5, 0.6) is 0 Å². The Balaban J connectivity index is 1.46. The van der Waals surface area contributed by atoms with E-state index >= 15 is 0 Å². The predicted octanol–water partition coefficient (Wildman–Crippen LogP) is 2.59. The molecule has 1 aromatic rings. The molecule has 0 aliphatic carbocycles. The SMILES string of the molecule is CN(CC1CCCNC1)C1CCN(c2ccccc2)CC1. The molecule has 116 valence electrons. The first-order chi connectivity index (χ1) is 10.3. The van der Waals surface area contributed by atoms with E-state index in [0.717, 1.165) is 12.0 Å². The van der Waals surface area contributed by atoms with Crippen LogP contribution in [0.4, 0.5) is 5.69 Å². The van der Waals surface area contributed by atoms with Crippen molar-refractivity contribution in [2.24, 2.45) is 5.92 Å². The highest BCUT2D eigenvalue weighted by atomic mass is 15.2. The lowest BCUT2D eigenvalue weighted by Crippen LogP contribution is -2.46. The Morgan fingerprint density at radius 3 is 2.57 bits per heavy atom. The van der Waals surface area contributed by atoms with Gasteiger partial charge >= 0.3 is 0 Å². The van der Waals surface area contributed by atoms with E-state index in [2.05, 4.69) is 52.5 Å². The van der Waals surface area contributed by atoms with Crippen molar-refractivity contribution in [3.8, 4) is 0 Å². The van der Waals surface area contributed by atoms with Crippen LogP contribution in [0.25, 0.3) is 0 Å². The summed E-state index contributed by atoms with van der Waals surface area (Å²) in [7, 11) is 2.33. The molecule has 2 aliphatic rings. The summed E-state index contributed by atoms with van der Waals surface area (Å²) in [5, 5.41) is 3.54. The number of nitrogens with one attached hydrogen (secondary N) is 1. The van der Waals surface area contributed by atoms with Gasteiger partial charge in [0.2, 0.25) is 0 Å². The van der Waals surface area contributed by atoms with E-state index in [-0.39, 0.29) is 0 Å². The molecule has 21 heavy (non-hydrogen) atoms. The highest BCUT2D eigenvalue weighted by Crippen LogP contribution is 2.23. The fourth-order valence-corrected chi connectivity index (χ4v) is 3.84. The quantitative estimate of drug-likeness (QED) is 0.918. The van der Waals surface area contributed by atoms with Crippen molar-refractivity contribution >= 4 is 5.69 Å². The fourth-order valence-electron chi connectivity index (χ4n) is 3.84. The van der Waals surface area contributed by atoms with Crippen LogP contribution in [0.1, 0.15) is 25.7 Å². The minimum absolute atomic E-state index is 0.770. The van der Waals surface area contributed by atoms with E-state index < -0.39 is 0 Å². The van der Waals surface area contributed by atoms with Gasteiger partial charge in [0.05, 0.1) is 0 Å². The van der Waals surface area contributed by atoms with Crippen LogP contribution in [-0.2, 0) is 0 Å². The summed E-state index contributed by atoms with van der Waals surface area (Å²) < 4.78 is 0. The van der Waals surface area contributed by atoms with Crippen molar-refractivity contribution in [3.63, 3.8) is 0 Å². The van der Waals surface area contributed by atoms with Crippen LogP contribution < -0.4 is 10.2 Å². The molecule has 1 unspecified atom stereocenters. The van der Waals surface area contributed by atoms with Crippen LogP contribution in [0.2, 0.25) is 0 Å². The van der Waals surface area contributed by atoms with Gasteiger partial charge in [-0.3, -0.25) is 0 Å². The van der Waals surface area contributed by atoms with Crippen molar-refractivity contribution in [1.82, 2.24) is 10.2 Å². The Labute approximate surface area is 129 Å². The van der Waals surface area contributed by atoms with Gasteiger partial charge in [-0.25, -0.2) is 0 Å². The largest absolute Gasteiger partial charge is 0.371 e. The lowest BCUT2D eigenvalue weighted by Gasteiger charge is -2.39. The van der Waals surface area contributed by atoms with E-state index in [4.69, 9.17) is 0 Å². The summed E-state index contributed by atoms with van der Waals surface area (Å²) in [6.45, 7) is 6.09. The summed E-state index contributed by atoms with van der Waals surface area (Å²) in [4.78, 5) is 5.16. The standard InChI is InChI=1S/C18H29N3/c1-20(15-16-6-5-11-19-14-16)17-9-12-21(13-10-17)18-7-3-2-4-8-18/h2-4,7-8,16-17,19H,5-6,9-15H2,1H3. The third-order valence-electron chi connectivity index (χ3n) is 5.15. The Bertz CT molecular complexity index is 406. The third kappa shape index (κ3) is 3.98. The van der Waals surface area contributed by atoms with Gasteiger partial charge in [-0.2, -0.15) is 0 Å². The van der Waals surface area contributed by atoms with Crippen LogP contribution in [0.3, 0.4) is 0 Å². The molecule has 0 aromatic heterocycles. The Morgan fingerprint density at radius 2 is 1.90 bits per heavy atom. The zero-order valence-electron chi connectivity index (χ0n) is 13.3. The maximum atomic E-state index is 3.54. The maximum absolute atomic E-state index is 3.54. The number of hydrogen-bond donors (Lipinski definition) is 1. The highest BCUT2D eigenvalue weighted by molar-refractivity contribution is 5.46. The lowest BCUT2D eigenvalue weighted by atomic mass is 9.96. The summed E-state index contributed by atoms with van der Waals surface area (Å²) in [6, 6.07) is 11.6. The number of hydrogen-bond acceptors (Lipinski definition) is 3. The van der Waals surface area contributed by atoms with Crippen molar-refractivity contribution in [2.75, 3.05) is 44.7 Å². The average molecular weight is 287 g/mol. The number of rotatable bonds is 4. The first-order valence-corrected chi connectivity index (χ1v) is 8.54. The van der Waals surface area contributed by atoms with Gasteiger partial charge in [-0.1, -0.05) is 18.2 Å². The van der Waals surface area contributed by atoms with E-state index in [9.17, 15) is 0 Å². The van der Waals surface area contributed by atoms with Crippen LogP contribution in [0, 0.1) is 5.92 Å². The molecule has 0 radical (unpaired) electrons. The van der Waals surface area contributed by atoms with E-state index in [1.54, 1.807) is 0 Å². The van der Waals surface area contributed by atoms with Gasteiger partial charge in [0, 0.05) is 31.4 Å². The summed E-state index contributed by atoms with van der Waals surface area (Å²) in [5.41, 5.74) is 1.38. The monoisotopic (exact) mass is 287 g/mol. The first-order valence-electron chi connectivity index (χ1n) is 8.54. The zero-order chi connectivity index (χ0) is 14.5. The predicted molar refractivity (Wildman–Crippen MR) is 89.9 cm³/mol. The average Bonchev–Trinajstić information content (AvgIpc) is 2.57. The van der Waals surface area contributed by atoms with Gasteiger partial charge in [0.1, 0.15) is 0 Å².